The lowest BCUT2D eigenvalue weighted by molar-refractivity contribution is 0.102. The van der Waals surface area contributed by atoms with Crippen molar-refractivity contribution in [3.8, 4) is 0 Å². The largest absolute Gasteiger partial charge is 0.354 e. The van der Waals surface area contributed by atoms with Gasteiger partial charge in [-0.2, -0.15) is 0 Å². The summed E-state index contributed by atoms with van der Waals surface area (Å²) in [5.41, 5.74) is 2.95. The van der Waals surface area contributed by atoms with Gasteiger partial charge in [0.15, 0.2) is 0 Å². The van der Waals surface area contributed by atoms with Gasteiger partial charge in [0.2, 0.25) is 0 Å². The maximum Gasteiger partial charge on any atom is 0.255 e. The van der Waals surface area contributed by atoms with Crippen LogP contribution < -0.4 is 10.6 Å². The van der Waals surface area contributed by atoms with Crippen LogP contribution in [0.1, 0.15) is 10.4 Å². The predicted octanol–water partition coefficient (Wildman–Crippen LogP) is 4.84. The lowest BCUT2D eigenvalue weighted by Crippen LogP contribution is -2.13. The summed E-state index contributed by atoms with van der Waals surface area (Å²) in [6.07, 6.45) is 3.31. The lowest BCUT2D eigenvalue weighted by atomic mass is 10.2. The molecule has 0 saturated heterocycles. The Morgan fingerprint density at radius 1 is 0.913 bits per heavy atom. The third-order valence-electron chi connectivity index (χ3n) is 3.23. The van der Waals surface area contributed by atoms with Crippen LogP contribution >= 0.6 is 15.9 Å². The van der Waals surface area contributed by atoms with Gasteiger partial charge in [-0.05, 0) is 42.5 Å². The van der Waals surface area contributed by atoms with Crippen LogP contribution in [0.15, 0.2) is 77.5 Å². The Balaban J connectivity index is 1.80. The SMILES string of the molecule is O=C(Nc1cnccc1Nc1ccccc1)c1ccc(Br)cc1. The first-order valence-corrected chi connectivity index (χ1v) is 7.85. The number of pyridine rings is 1. The molecular formula is C18H14BrN3O. The maximum atomic E-state index is 12.3. The molecule has 0 saturated carbocycles. The van der Waals surface area contributed by atoms with E-state index in [1.807, 2.05) is 48.5 Å². The van der Waals surface area contributed by atoms with E-state index in [4.69, 9.17) is 0 Å². The maximum absolute atomic E-state index is 12.3. The molecule has 5 heteroatoms. The summed E-state index contributed by atoms with van der Waals surface area (Å²) in [7, 11) is 0. The molecule has 1 heterocycles. The van der Waals surface area contributed by atoms with Crippen molar-refractivity contribution in [3.63, 3.8) is 0 Å². The highest BCUT2D eigenvalue weighted by Gasteiger charge is 2.09. The van der Waals surface area contributed by atoms with Crippen LogP contribution in [0.2, 0.25) is 0 Å². The molecule has 0 fully saturated rings. The van der Waals surface area contributed by atoms with Crippen molar-refractivity contribution in [1.29, 1.82) is 0 Å². The Morgan fingerprint density at radius 2 is 1.65 bits per heavy atom. The van der Waals surface area contributed by atoms with Gasteiger partial charge in [0.05, 0.1) is 17.6 Å². The number of halogens is 1. The standard InChI is InChI=1S/C18H14BrN3O/c19-14-8-6-13(7-9-14)18(23)22-17-12-20-11-10-16(17)21-15-4-2-1-3-5-15/h1-12H,(H,20,21)(H,22,23). The molecule has 1 amide bonds. The molecule has 0 spiro atoms. The zero-order chi connectivity index (χ0) is 16.1. The smallest absolute Gasteiger partial charge is 0.255 e. The molecule has 3 aromatic rings. The van der Waals surface area contributed by atoms with Gasteiger partial charge in [-0.1, -0.05) is 34.1 Å². The second-order valence-corrected chi connectivity index (χ2v) is 5.79. The highest BCUT2D eigenvalue weighted by Crippen LogP contribution is 2.24. The van der Waals surface area contributed by atoms with Crippen molar-refractivity contribution in [3.05, 3.63) is 83.1 Å². The fourth-order valence-corrected chi connectivity index (χ4v) is 2.34. The van der Waals surface area contributed by atoms with Gasteiger partial charge >= 0.3 is 0 Å². The van der Waals surface area contributed by atoms with Gasteiger partial charge in [-0.25, -0.2) is 0 Å². The Hall–Kier alpha value is -2.66. The molecule has 0 bridgehead atoms. The van der Waals surface area contributed by atoms with Crippen molar-refractivity contribution in [2.45, 2.75) is 0 Å². The number of hydrogen-bond donors (Lipinski definition) is 2. The quantitative estimate of drug-likeness (QED) is 0.693. The Kier molecular flexibility index (Phi) is 4.68. The van der Waals surface area contributed by atoms with Crippen molar-refractivity contribution >= 4 is 38.9 Å². The topological polar surface area (TPSA) is 54.0 Å². The van der Waals surface area contributed by atoms with E-state index < -0.39 is 0 Å². The van der Waals surface area contributed by atoms with Crippen molar-refractivity contribution in [1.82, 2.24) is 4.98 Å². The number of nitrogens with zero attached hydrogens (tertiary/aromatic N) is 1. The molecule has 2 aromatic carbocycles. The van der Waals surface area contributed by atoms with Crippen LogP contribution in [-0.2, 0) is 0 Å². The monoisotopic (exact) mass is 367 g/mol. The molecule has 4 nitrogen and oxygen atoms in total. The molecule has 114 valence electrons. The average molecular weight is 368 g/mol. The van der Waals surface area contributed by atoms with Gasteiger partial charge in [-0.3, -0.25) is 9.78 Å². The molecule has 3 rings (SSSR count). The van der Waals surface area contributed by atoms with Gasteiger partial charge in [0, 0.05) is 21.9 Å². The summed E-state index contributed by atoms with van der Waals surface area (Å²) in [5, 5.41) is 6.16. The third kappa shape index (κ3) is 3.96. The summed E-state index contributed by atoms with van der Waals surface area (Å²) in [6, 6.07) is 18.8. The number of benzene rings is 2. The van der Waals surface area contributed by atoms with E-state index in [9.17, 15) is 4.79 Å². The number of rotatable bonds is 4. The first-order valence-electron chi connectivity index (χ1n) is 7.05. The number of amides is 1. The molecular weight excluding hydrogens is 354 g/mol. The number of carbonyl (C=O) groups excluding carboxylic acids is 1. The minimum absolute atomic E-state index is 0.179. The molecule has 0 radical (unpaired) electrons. The summed E-state index contributed by atoms with van der Waals surface area (Å²) >= 11 is 3.36. The van der Waals surface area contributed by atoms with Gasteiger partial charge < -0.3 is 10.6 Å². The second-order valence-electron chi connectivity index (χ2n) is 4.87. The Morgan fingerprint density at radius 3 is 2.39 bits per heavy atom. The minimum Gasteiger partial charge on any atom is -0.354 e. The lowest BCUT2D eigenvalue weighted by Gasteiger charge is -2.12. The van der Waals surface area contributed by atoms with E-state index in [0.717, 1.165) is 15.8 Å². The van der Waals surface area contributed by atoms with E-state index in [2.05, 4.69) is 31.5 Å². The summed E-state index contributed by atoms with van der Waals surface area (Å²) in [4.78, 5) is 16.4. The zero-order valence-electron chi connectivity index (χ0n) is 12.2. The Labute approximate surface area is 142 Å². The fraction of sp³-hybridized carbons (Fsp3) is 0. The summed E-state index contributed by atoms with van der Waals surface area (Å²) in [5.74, 6) is -0.179. The molecule has 0 aliphatic carbocycles. The Bertz CT molecular complexity index is 804. The second kappa shape index (κ2) is 7.07. The third-order valence-corrected chi connectivity index (χ3v) is 3.76. The van der Waals surface area contributed by atoms with Crippen LogP contribution in [0.4, 0.5) is 17.1 Å². The molecule has 0 unspecified atom stereocenters. The van der Waals surface area contributed by atoms with Crippen LogP contribution in [0, 0.1) is 0 Å². The highest BCUT2D eigenvalue weighted by molar-refractivity contribution is 9.10. The van der Waals surface area contributed by atoms with E-state index in [-0.39, 0.29) is 5.91 Å². The van der Waals surface area contributed by atoms with Crippen molar-refractivity contribution in [2.24, 2.45) is 0 Å². The van der Waals surface area contributed by atoms with Crippen LogP contribution in [0.25, 0.3) is 0 Å². The number of carbonyl (C=O) groups is 1. The first kappa shape index (κ1) is 15.2. The molecule has 0 atom stereocenters. The first-order chi connectivity index (χ1) is 11.2. The van der Waals surface area contributed by atoms with E-state index in [0.29, 0.717) is 11.3 Å². The molecule has 0 aliphatic heterocycles. The summed E-state index contributed by atoms with van der Waals surface area (Å²) in [6.45, 7) is 0. The molecule has 0 aliphatic rings. The predicted molar refractivity (Wildman–Crippen MR) is 96.1 cm³/mol. The van der Waals surface area contributed by atoms with Crippen LogP contribution in [-0.4, -0.2) is 10.9 Å². The minimum atomic E-state index is -0.179. The van der Waals surface area contributed by atoms with E-state index in [1.165, 1.54) is 0 Å². The molecule has 23 heavy (non-hydrogen) atoms. The van der Waals surface area contributed by atoms with Crippen molar-refractivity contribution < 1.29 is 4.79 Å². The van der Waals surface area contributed by atoms with Crippen molar-refractivity contribution in [2.75, 3.05) is 10.6 Å². The molecule has 1 aromatic heterocycles. The van der Waals surface area contributed by atoms with E-state index in [1.54, 1.807) is 24.5 Å². The highest BCUT2D eigenvalue weighted by atomic mass is 79.9. The van der Waals surface area contributed by atoms with Gasteiger partial charge in [0.1, 0.15) is 0 Å². The van der Waals surface area contributed by atoms with Crippen LogP contribution in [0.5, 0.6) is 0 Å². The molecule has 2 N–H and O–H groups in total. The van der Waals surface area contributed by atoms with Gasteiger partial charge in [-0.15, -0.1) is 0 Å². The zero-order valence-corrected chi connectivity index (χ0v) is 13.7. The normalized spacial score (nSPS) is 10.1. The number of nitrogens with one attached hydrogen (secondary N) is 2. The average Bonchev–Trinajstić information content (AvgIpc) is 2.58. The van der Waals surface area contributed by atoms with Crippen LogP contribution in [0.3, 0.4) is 0 Å². The summed E-state index contributed by atoms with van der Waals surface area (Å²) < 4.78 is 0.932. The fourth-order valence-electron chi connectivity index (χ4n) is 2.08. The number of aromatic nitrogens is 1. The van der Waals surface area contributed by atoms with Gasteiger partial charge in [0.25, 0.3) is 5.91 Å². The number of hydrogen-bond acceptors (Lipinski definition) is 3. The number of anilines is 3. The van der Waals surface area contributed by atoms with E-state index >= 15 is 0 Å². The number of para-hydroxylation sites is 1.